The summed E-state index contributed by atoms with van der Waals surface area (Å²) in [7, 11) is 1.51. The van der Waals surface area contributed by atoms with Gasteiger partial charge in [0.2, 0.25) is 0 Å². The number of hydrogen-bond donors (Lipinski definition) is 1. The molecule has 0 aliphatic carbocycles. The molecule has 1 N–H and O–H groups in total. The second-order valence-corrected chi connectivity index (χ2v) is 7.43. The third-order valence-electron chi connectivity index (χ3n) is 4.66. The van der Waals surface area contributed by atoms with Gasteiger partial charge in [-0.3, -0.25) is 14.9 Å². The van der Waals surface area contributed by atoms with E-state index in [1.54, 1.807) is 19.1 Å². The molecule has 0 saturated heterocycles. The number of nitrogens with one attached hydrogen (secondary N) is 1. The molecule has 32 heavy (non-hydrogen) atoms. The average molecular weight is 456 g/mol. The summed E-state index contributed by atoms with van der Waals surface area (Å²) < 4.78 is 11.6. The zero-order valence-corrected chi connectivity index (χ0v) is 18.6. The van der Waals surface area contributed by atoms with Crippen LogP contribution in [-0.2, 0) is 16.1 Å². The molecule has 0 aliphatic heterocycles. The average Bonchev–Trinajstić information content (AvgIpc) is 3.06. The van der Waals surface area contributed by atoms with Crippen molar-refractivity contribution in [1.29, 1.82) is 0 Å². The molecule has 3 rings (SSSR count). The molecular formula is C23H22ClN3O5. The summed E-state index contributed by atoms with van der Waals surface area (Å²) in [4.78, 5) is 36.7. The maximum absolute atomic E-state index is 12.5. The highest BCUT2D eigenvalue weighted by Gasteiger charge is 2.23. The summed E-state index contributed by atoms with van der Waals surface area (Å²) in [5.74, 6) is -1.60. The Hall–Kier alpha value is -3.65. The number of rotatable bonds is 7. The predicted molar refractivity (Wildman–Crippen MR) is 118 cm³/mol. The molecule has 0 bridgehead atoms. The predicted octanol–water partition coefficient (Wildman–Crippen LogP) is 3.32. The minimum absolute atomic E-state index is 0.0769. The van der Waals surface area contributed by atoms with E-state index in [4.69, 9.17) is 21.1 Å². The van der Waals surface area contributed by atoms with Gasteiger partial charge in [-0.05, 0) is 43.7 Å². The van der Waals surface area contributed by atoms with Crippen LogP contribution in [0.15, 0.2) is 48.5 Å². The zero-order chi connectivity index (χ0) is 23.3. The van der Waals surface area contributed by atoms with Gasteiger partial charge in [0, 0.05) is 5.56 Å². The molecule has 0 spiro atoms. The van der Waals surface area contributed by atoms with Crippen LogP contribution in [0.5, 0.6) is 5.75 Å². The van der Waals surface area contributed by atoms with E-state index >= 15 is 0 Å². The number of hydrogen-bond acceptors (Lipinski definition) is 6. The van der Waals surface area contributed by atoms with Crippen LogP contribution in [0, 0.1) is 13.8 Å². The number of carbonyl (C=O) groups excluding carboxylic acids is 3. The highest BCUT2D eigenvalue weighted by molar-refractivity contribution is 6.32. The van der Waals surface area contributed by atoms with Crippen molar-refractivity contribution in [3.8, 4) is 5.75 Å². The van der Waals surface area contributed by atoms with E-state index in [1.807, 2.05) is 31.2 Å². The Morgan fingerprint density at radius 1 is 1.03 bits per heavy atom. The Morgan fingerprint density at radius 3 is 2.31 bits per heavy atom. The molecule has 2 amide bonds. The Balaban J connectivity index is 1.59. The number of aromatic nitrogens is 2. The largest absolute Gasteiger partial charge is 0.497 e. The van der Waals surface area contributed by atoms with Crippen LogP contribution in [-0.4, -0.2) is 41.3 Å². The number of benzene rings is 2. The highest BCUT2D eigenvalue weighted by atomic mass is 35.5. The smallest absolute Gasteiger partial charge is 0.343 e. The molecule has 0 aliphatic rings. The lowest BCUT2D eigenvalue weighted by molar-refractivity contribution is -0.123. The van der Waals surface area contributed by atoms with Gasteiger partial charge in [0.25, 0.3) is 11.8 Å². The van der Waals surface area contributed by atoms with Crippen LogP contribution < -0.4 is 10.1 Å². The molecule has 9 heteroatoms. The normalized spacial score (nSPS) is 10.5. The molecule has 1 heterocycles. The van der Waals surface area contributed by atoms with Crippen LogP contribution in [0.1, 0.15) is 37.5 Å². The van der Waals surface area contributed by atoms with E-state index < -0.39 is 24.4 Å². The molecule has 1 aromatic heterocycles. The molecule has 8 nitrogen and oxygen atoms in total. The van der Waals surface area contributed by atoms with E-state index in [-0.39, 0.29) is 16.3 Å². The van der Waals surface area contributed by atoms with Gasteiger partial charge in [0.15, 0.2) is 6.61 Å². The number of imide groups is 1. The SMILES string of the molecule is COc1ccc(C(=O)NC(=O)COC(=O)c2c(C)nn(Cc3ccc(C)cc3)c2Cl)cc1. The van der Waals surface area contributed by atoms with Crippen LogP contribution in [0.25, 0.3) is 0 Å². The second kappa shape index (κ2) is 10.1. The molecule has 0 radical (unpaired) electrons. The van der Waals surface area contributed by atoms with Crippen LogP contribution in [0.3, 0.4) is 0 Å². The minimum Gasteiger partial charge on any atom is -0.497 e. The number of nitrogens with zero attached hydrogens (tertiary/aromatic N) is 2. The maximum Gasteiger partial charge on any atom is 0.343 e. The highest BCUT2D eigenvalue weighted by Crippen LogP contribution is 2.22. The second-order valence-electron chi connectivity index (χ2n) is 7.08. The molecule has 3 aromatic rings. The van der Waals surface area contributed by atoms with Gasteiger partial charge >= 0.3 is 5.97 Å². The van der Waals surface area contributed by atoms with Crippen LogP contribution >= 0.6 is 11.6 Å². The van der Waals surface area contributed by atoms with Gasteiger partial charge in [-0.1, -0.05) is 41.4 Å². The van der Waals surface area contributed by atoms with Gasteiger partial charge in [-0.2, -0.15) is 5.10 Å². The summed E-state index contributed by atoms with van der Waals surface area (Å²) in [6.45, 7) is 3.36. The quantitative estimate of drug-likeness (QED) is 0.548. The summed E-state index contributed by atoms with van der Waals surface area (Å²) in [6.07, 6.45) is 0. The number of methoxy groups -OCH3 is 1. The van der Waals surface area contributed by atoms with Crippen molar-refractivity contribution in [3.05, 3.63) is 81.6 Å². The molecule has 166 valence electrons. The van der Waals surface area contributed by atoms with Gasteiger partial charge in [0.05, 0.1) is 19.3 Å². The molecule has 2 aromatic carbocycles. The van der Waals surface area contributed by atoms with Crippen molar-refractivity contribution < 1.29 is 23.9 Å². The van der Waals surface area contributed by atoms with Gasteiger partial charge < -0.3 is 9.47 Å². The van der Waals surface area contributed by atoms with Crippen molar-refractivity contribution in [1.82, 2.24) is 15.1 Å². The Bertz CT molecular complexity index is 1140. The third-order valence-corrected chi connectivity index (χ3v) is 5.05. The van der Waals surface area contributed by atoms with Crippen molar-refractivity contribution in [2.75, 3.05) is 13.7 Å². The lowest BCUT2D eigenvalue weighted by Crippen LogP contribution is -2.34. The zero-order valence-electron chi connectivity index (χ0n) is 17.8. The number of aryl methyl sites for hydroxylation is 2. The van der Waals surface area contributed by atoms with E-state index in [1.165, 1.54) is 23.9 Å². The van der Waals surface area contributed by atoms with Crippen molar-refractivity contribution in [2.45, 2.75) is 20.4 Å². The van der Waals surface area contributed by atoms with Crippen molar-refractivity contribution in [2.24, 2.45) is 0 Å². The summed E-state index contributed by atoms with van der Waals surface area (Å²) >= 11 is 6.34. The fourth-order valence-corrected chi connectivity index (χ4v) is 3.25. The van der Waals surface area contributed by atoms with Crippen LogP contribution in [0.2, 0.25) is 5.15 Å². The first kappa shape index (κ1) is 23.0. The number of ether oxygens (including phenoxy) is 2. The Labute approximate surface area is 190 Å². The van der Waals surface area contributed by atoms with E-state index in [2.05, 4.69) is 10.4 Å². The van der Waals surface area contributed by atoms with Gasteiger partial charge in [-0.25, -0.2) is 9.48 Å². The number of halogens is 1. The van der Waals surface area contributed by atoms with E-state index in [0.717, 1.165) is 11.1 Å². The van der Waals surface area contributed by atoms with E-state index in [0.29, 0.717) is 18.0 Å². The summed E-state index contributed by atoms with van der Waals surface area (Å²) in [5, 5.41) is 6.57. The first-order chi connectivity index (χ1) is 15.3. The first-order valence-corrected chi connectivity index (χ1v) is 10.1. The van der Waals surface area contributed by atoms with Gasteiger partial charge in [0.1, 0.15) is 16.5 Å². The van der Waals surface area contributed by atoms with Crippen LogP contribution in [0.4, 0.5) is 0 Å². The number of esters is 1. The number of carbonyl (C=O) groups is 3. The van der Waals surface area contributed by atoms with Crippen molar-refractivity contribution in [3.63, 3.8) is 0 Å². The third kappa shape index (κ3) is 5.53. The van der Waals surface area contributed by atoms with Gasteiger partial charge in [-0.15, -0.1) is 0 Å². The lowest BCUT2D eigenvalue weighted by atomic mass is 10.1. The summed E-state index contributed by atoms with van der Waals surface area (Å²) in [5.41, 5.74) is 2.82. The van der Waals surface area contributed by atoms with Crippen molar-refractivity contribution >= 4 is 29.4 Å². The molecule has 0 atom stereocenters. The molecular weight excluding hydrogens is 434 g/mol. The summed E-state index contributed by atoms with van der Waals surface area (Å²) in [6, 6.07) is 14.1. The topological polar surface area (TPSA) is 99.5 Å². The maximum atomic E-state index is 12.5. The lowest BCUT2D eigenvalue weighted by Gasteiger charge is -2.07. The van der Waals surface area contributed by atoms with E-state index in [9.17, 15) is 14.4 Å². The Kier molecular flexibility index (Phi) is 7.27. The Morgan fingerprint density at radius 2 is 1.69 bits per heavy atom. The first-order valence-electron chi connectivity index (χ1n) is 9.72. The fourth-order valence-electron chi connectivity index (χ4n) is 2.94. The monoisotopic (exact) mass is 455 g/mol. The minimum atomic E-state index is -0.797. The molecule has 0 saturated carbocycles. The molecule has 0 fully saturated rings. The molecule has 0 unspecified atom stereocenters. The standard InChI is InChI=1S/C23H22ClN3O5/c1-14-4-6-16(7-5-14)12-27-21(24)20(15(2)26-27)23(30)32-13-19(28)25-22(29)17-8-10-18(31-3)11-9-17/h4-11H,12-13H2,1-3H3,(H,25,28,29). The number of amides is 2. The fraction of sp³-hybridized carbons (Fsp3) is 0.217.